The van der Waals surface area contributed by atoms with Crippen LogP contribution in [-0.4, -0.2) is 33.0 Å². The number of aromatic nitrogens is 2. The van der Waals surface area contributed by atoms with Crippen molar-refractivity contribution in [2.75, 3.05) is 12.3 Å². The Hall–Kier alpha value is -2.08. The fourth-order valence-electron chi connectivity index (χ4n) is 2.67. The molecule has 0 aromatic carbocycles. The van der Waals surface area contributed by atoms with Crippen molar-refractivity contribution < 1.29 is 9.90 Å². The number of hydrogen-bond donors (Lipinski definition) is 3. The minimum absolute atomic E-state index is 0.0334. The molecule has 6 nitrogen and oxygen atoms in total. The molecule has 0 amide bonds. The first kappa shape index (κ1) is 12.0. The summed E-state index contributed by atoms with van der Waals surface area (Å²) in [6.07, 6.45) is 4.79. The standard InChI is InChI=1S/C13H16N4O2/c14-9-4-2-6-17-10(7-8-3-1-5-15-8)16-11(12(9)17)13(18)19/h2,4,6,8,15H,1,3,5,7,14H2,(H,18,19). The molecule has 1 fully saturated rings. The molecule has 6 heteroatoms. The van der Waals surface area contributed by atoms with Crippen LogP contribution >= 0.6 is 0 Å². The predicted molar refractivity (Wildman–Crippen MR) is 71.3 cm³/mol. The summed E-state index contributed by atoms with van der Waals surface area (Å²) in [5, 5.41) is 12.6. The molecule has 1 unspecified atom stereocenters. The largest absolute Gasteiger partial charge is 0.476 e. The maximum Gasteiger partial charge on any atom is 0.356 e. The van der Waals surface area contributed by atoms with Crippen LogP contribution in [0.4, 0.5) is 5.69 Å². The zero-order valence-electron chi connectivity index (χ0n) is 10.5. The molecule has 3 heterocycles. The van der Waals surface area contributed by atoms with E-state index in [1.807, 2.05) is 6.20 Å². The Labute approximate surface area is 110 Å². The van der Waals surface area contributed by atoms with E-state index in [4.69, 9.17) is 5.73 Å². The van der Waals surface area contributed by atoms with Gasteiger partial charge < -0.3 is 20.6 Å². The minimum atomic E-state index is -1.04. The Bertz CT molecular complexity index is 629. The third kappa shape index (κ3) is 2.04. The van der Waals surface area contributed by atoms with Gasteiger partial charge in [-0.1, -0.05) is 0 Å². The van der Waals surface area contributed by atoms with Gasteiger partial charge >= 0.3 is 5.97 Å². The molecule has 1 atom stereocenters. The van der Waals surface area contributed by atoms with Crippen LogP contribution in [0.1, 0.15) is 29.2 Å². The number of nitrogens with two attached hydrogens (primary N) is 1. The summed E-state index contributed by atoms with van der Waals surface area (Å²) in [6.45, 7) is 1.02. The lowest BCUT2D eigenvalue weighted by Crippen LogP contribution is -2.24. The number of carbonyl (C=O) groups is 1. The van der Waals surface area contributed by atoms with Gasteiger partial charge in [0.15, 0.2) is 5.69 Å². The van der Waals surface area contributed by atoms with E-state index in [-0.39, 0.29) is 5.69 Å². The third-order valence-corrected chi connectivity index (χ3v) is 3.56. The number of pyridine rings is 1. The van der Waals surface area contributed by atoms with Crippen LogP contribution < -0.4 is 11.1 Å². The van der Waals surface area contributed by atoms with Crippen molar-refractivity contribution >= 4 is 17.2 Å². The van der Waals surface area contributed by atoms with Gasteiger partial charge in [0.25, 0.3) is 0 Å². The molecule has 19 heavy (non-hydrogen) atoms. The second-order valence-electron chi connectivity index (χ2n) is 4.86. The van der Waals surface area contributed by atoms with Crippen molar-refractivity contribution in [2.24, 2.45) is 0 Å². The summed E-state index contributed by atoms with van der Waals surface area (Å²) < 4.78 is 1.79. The molecule has 3 rings (SSSR count). The fraction of sp³-hybridized carbons (Fsp3) is 0.385. The molecule has 0 radical (unpaired) electrons. The highest BCUT2D eigenvalue weighted by Gasteiger charge is 2.22. The third-order valence-electron chi connectivity index (χ3n) is 3.56. The minimum Gasteiger partial charge on any atom is -0.476 e. The normalized spacial score (nSPS) is 19.1. The summed E-state index contributed by atoms with van der Waals surface area (Å²) >= 11 is 0. The summed E-state index contributed by atoms with van der Waals surface area (Å²) in [5.74, 6) is -0.292. The molecule has 0 aliphatic carbocycles. The van der Waals surface area contributed by atoms with Crippen LogP contribution in [0.25, 0.3) is 5.52 Å². The van der Waals surface area contributed by atoms with E-state index in [2.05, 4.69) is 10.3 Å². The molecule has 2 aromatic rings. The summed E-state index contributed by atoms with van der Waals surface area (Å²) in [4.78, 5) is 15.5. The van der Waals surface area contributed by atoms with E-state index in [1.54, 1.807) is 16.5 Å². The number of hydrogen-bond acceptors (Lipinski definition) is 4. The Morgan fingerprint density at radius 3 is 3.16 bits per heavy atom. The first-order valence-electron chi connectivity index (χ1n) is 6.39. The monoisotopic (exact) mass is 260 g/mol. The summed E-state index contributed by atoms with van der Waals surface area (Å²) in [7, 11) is 0. The highest BCUT2D eigenvalue weighted by molar-refractivity contribution is 5.97. The average molecular weight is 260 g/mol. The predicted octanol–water partition coefficient (Wildman–Crippen LogP) is 0.909. The first-order valence-corrected chi connectivity index (χ1v) is 6.39. The van der Waals surface area contributed by atoms with Crippen LogP contribution in [0, 0.1) is 0 Å². The quantitative estimate of drug-likeness (QED) is 0.762. The van der Waals surface area contributed by atoms with Crippen molar-refractivity contribution in [1.82, 2.24) is 14.7 Å². The topological polar surface area (TPSA) is 92.7 Å². The highest BCUT2D eigenvalue weighted by Crippen LogP contribution is 2.21. The SMILES string of the molecule is Nc1cccn2c(CC3CCCN3)nc(C(=O)O)c12. The van der Waals surface area contributed by atoms with Crippen molar-refractivity contribution in [3.63, 3.8) is 0 Å². The van der Waals surface area contributed by atoms with Gasteiger partial charge in [-0.15, -0.1) is 0 Å². The van der Waals surface area contributed by atoms with Gasteiger partial charge in [-0.05, 0) is 31.5 Å². The van der Waals surface area contributed by atoms with E-state index in [9.17, 15) is 9.90 Å². The van der Waals surface area contributed by atoms with E-state index >= 15 is 0 Å². The average Bonchev–Trinajstić information content (AvgIpc) is 2.99. The van der Waals surface area contributed by atoms with Crippen molar-refractivity contribution in [3.05, 3.63) is 29.8 Å². The van der Waals surface area contributed by atoms with Crippen LogP contribution in [0.15, 0.2) is 18.3 Å². The number of rotatable bonds is 3. The lowest BCUT2D eigenvalue weighted by atomic mass is 10.1. The van der Waals surface area contributed by atoms with Gasteiger partial charge in [-0.25, -0.2) is 9.78 Å². The molecule has 4 N–H and O–H groups in total. The first-order chi connectivity index (χ1) is 9.16. The number of anilines is 1. The van der Waals surface area contributed by atoms with Crippen molar-refractivity contribution in [2.45, 2.75) is 25.3 Å². The zero-order valence-corrected chi connectivity index (χ0v) is 10.5. The lowest BCUT2D eigenvalue weighted by molar-refractivity contribution is 0.0693. The molecule has 0 spiro atoms. The maximum absolute atomic E-state index is 11.3. The zero-order chi connectivity index (χ0) is 13.4. The molecule has 1 saturated heterocycles. The van der Waals surface area contributed by atoms with Crippen molar-refractivity contribution in [3.8, 4) is 0 Å². The summed E-state index contributed by atoms with van der Waals surface area (Å²) in [6, 6.07) is 3.87. The van der Waals surface area contributed by atoms with Crippen molar-refractivity contribution in [1.29, 1.82) is 0 Å². The van der Waals surface area contributed by atoms with Gasteiger partial charge in [0.1, 0.15) is 11.3 Å². The van der Waals surface area contributed by atoms with Crippen LogP contribution in [0.5, 0.6) is 0 Å². The Morgan fingerprint density at radius 2 is 2.47 bits per heavy atom. The number of nitrogens with one attached hydrogen (secondary N) is 1. The highest BCUT2D eigenvalue weighted by atomic mass is 16.4. The van der Waals surface area contributed by atoms with E-state index in [0.717, 1.165) is 31.6 Å². The van der Waals surface area contributed by atoms with Gasteiger partial charge in [0, 0.05) is 18.7 Å². The molecular formula is C13H16N4O2. The lowest BCUT2D eigenvalue weighted by Gasteiger charge is -2.09. The van der Waals surface area contributed by atoms with E-state index in [1.165, 1.54) is 0 Å². The smallest absolute Gasteiger partial charge is 0.356 e. The second kappa shape index (κ2) is 4.55. The number of imidazole rings is 1. The molecule has 0 saturated carbocycles. The van der Waals surface area contributed by atoms with E-state index < -0.39 is 5.97 Å². The van der Waals surface area contributed by atoms with E-state index in [0.29, 0.717) is 17.2 Å². The number of carboxylic acids is 1. The molecule has 1 aliphatic rings. The molecule has 0 bridgehead atoms. The Balaban J connectivity index is 2.09. The number of fused-ring (bicyclic) bond motifs is 1. The van der Waals surface area contributed by atoms with Gasteiger partial charge in [0.2, 0.25) is 0 Å². The van der Waals surface area contributed by atoms with Crippen LogP contribution in [-0.2, 0) is 6.42 Å². The number of aromatic carboxylic acids is 1. The maximum atomic E-state index is 11.3. The van der Waals surface area contributed by atoms with Gasteiger partial charge in [-0.3, -0.25) is 0 Å². The molecule has 100 valence electrons. The molecule has 1 aliphatic heterocycles. The Kier molecular flexibility index (Phi) is 2.87. The number of nitrogens with zero attached hydrogens (tertiary/aromatic N) is 2. The number of nitrogen functional groups attached to an aromatic ring is 1. The molecular weight excluding hydrogens is 244 g/mol. The fourth-order valence-corrected chi connectivity index (χ4v) is 2.67. The molecule has 2 aromatic heterocycles. The Morgan fingerprint density at radius 1 is 1.63 bits per heavy atom. The van der Waals surface area contributed by atoms with Gasteiger partial charge in [0.05, 0.1) is 5.69 Å². The number of carboxylic acid groups (broad SMARTS) is 1. The van der Waals surface area contributed by atoms with Crippen LogP contribution in [0.3, 0.4) is 0 Å². The summed E-state index contributed by atoms with van der Waals surface area (Å²) in [5.41, 5.74) is 6.84. The second-order valence-corrected chi connectivity index (χ2v) is 4.86. The van der Waals surface area contributed by atoms with Gasteiger partial charge in [-0.2, -0.15) is 0 Å². The van der Waals surface area contributed by atoms with Crippen LogP contribution in [0.2, 0.25) is 0 Å².